The van der Waals surface area contributed by atoms with Crippen molar-refractivity contribution in [2.75, 3.05) is 13.6 Å². The van der Waals surface area contributed by atoms with Gasteiger partial charge in [-0.15, -0.1) is 0 Å². The summed E-state index contributed by atoms with van der Waals surface area (Å²) in [5.74, 6) is 0.639. The lowest BCUT2D eigenvalue weighted by molar-refractivity contribution is 0.635. The molecule has 3 aromatic rings. The third-order valence-corrected chi connectivity index (χ3v) is 5.49. The number of fused-ring (bicyclic) bond motifs is 1. The van der Waals surface area contributed by atoms with Gasteiger partial charge in [0.15, 0.2) is 11.0 Å². The average Bonchev–Trinajstić information content (AvgIpc) is 3.19. The third-order valence-electron chi connectivity index (χ3n) is 4.51. The number of aromatic nitrogens is 2. The summed E-state index contributed by atoms with van der Waals surface area (Å²) in [6.45, 7) is 0.422. The molecule has 7 nitrogen and oxygen atoms in total. The van der Waals surface area contributed by atoms with Crippen molar-refractivity contribution in [3.8, 4) is 0 Å². The van der Waals surface area contributed by atoms with Crippen LogP contribution in [0.15, 0.2) is 65.9 Å². The maximum Gasteiger partial charge on any atom is 0.179 e. The topological polar surface area (TPSA) is 100 Å². The number of amidine groups is 1. The number of hydrogen-bond donors (Lipinski definition) is 4. The zero-order valence-corrected chi connectivity index (χ0v) is 16.9. The van der Waals surface area contributed by atoms with Crippen LogP contribution in [0.1, 0.15) is 11.1 Å². The number of nitrogens with zero attached hydrogens (tertiary/aromatic N) is 3. The number of benzene rings is 1. The van der Waals surface area contributed by atoms with Gasteiger partial charge >= 0.3 is 0 Å². The van der Waals surface area contributed by atoms with Crippen LogP contribution in [0, 0.1) is 0 Å². The Morgan fingerprint density at radius 3 is 2.90 bits per heavy atom. The van der Waals surface area contributed by atoms with Gasteiger partial charge < -0.3 is 11.1 Å². The summed E-state index contributed by atoms with van der Waals surface area (Å²) in [5.41, 5.74) is 17.1. The fourth-order valence-electron chi connectivity index (χ4n) is 3.08. The monoisotopic (exact) mass is 405 g/mol. The Morgan fingerprint density at radius 2 is 2.10 bits per heavy atom. The molecule has 2 aromatic heterocycles. The van der Waals surface area contributed by atoms with Crippen molar-refractivity contribution in [1.29, 1.82) is 0 Å². The number of hydrazine groups is 1. The number of thioether (sulfide) groups is 1. The van der Waals surface area contributed by atoms with Gasteiger partial charge in [0.2, 0.25) is 0 Å². The Balaban J connectivity index is 1.52. The van der Waals surface area contributed by atoms with Gasteiger partial charge in [-0.05, 0) is 35.8 Å². The highest BCUT2D eigenvalue weighted by atomic mass is 32.2. The minimum atomic E-state index is 0.226. The number of hydrogen-bond acceptors (Lipinski definition) is 7. The van der Waals surface area contributed by atoms with Gasteiger partial charge in [-0.2, -0.15) is 0 Å². The second-order valence-corrected chi connectivity index (χ2v) is 7.77. The smallest absolute Gasteiger partial charge is 0.179 e. The predicted molar refractivity (Wildman–Crippen MR) is 121 cm³/mol. The van der Waals surface area contributed by atoms with Crippen LogP contribution < -0.4 is 21.9 Å². The van der Waals surface area contributed by atoms with Crippen molar-refractivity contribution < 1.29 is 0 Å². The zero-order chi connectivity index (χ0) is 20.1. The maximum absolute atomic E-state index is 5.85. The molecule has 0 saturated carbocycles. The summed E-state index contributed by atoms with van der Waals surface area (Å²) >= 11 is 1.66. The highest BCUT2D eigenvalue weighted by molar-refractivity contribution is 8.14. The fraction of sp³-hybridized carbons (Fsp3) is 0.190. The van der Waals surface area contributed by atoms with Crippen molar-refractivity contribution in [3.63, 3.8) is 0 Å². The highest BCUT2D eigenvalue weighted by Gasteiger charge is 2.21. The van der Waals surface area contributed by atoms with E-state index >= 15 is 0 Å². The van der Waals surface area contributed by atoms with Crippen LogP contribution >= 0.6 is 11.8 Å². The molecule has 0 spiro atoms. The molecule has 0 bridgehead atoms. The summed E-state index contributed by atoms with van der Waals surface area (Å²) in [4.78, 5) is 13.8. The van der Waals surface area contributed by atoms with Crippen molar-refractivity contribution in [3.05, 3.63) is 72.1 Å². The van der Waals surface area contributed by atoms with E-state index in [9.17, 15) is 0 Å². The maximum atomic E-state index is 5.85. The molecule has 0 aliphatic carbocycles. The number of pyridine rings is 2. The lowest BCUT2D eigenvalue weighted by Gasteiger charge is -2.06. The lowest BCUT2D eigenvalue weighted by atomic mass is 10.1. The first-order chi connectivity index (χ1) is 14.2. The molecule has 1 fully saturated rings. The molecule has 0 radical (unpaired) electrons. The molecule has 0 amide bonds. The van der Waals surface area contributed by atoms with Gasteiger partial charge in [0.05, 0.1) is 16.4 Å². The fourth-order valence-corrected chi connectivity index (χ4v) is 4.01. The first kappa shape index (κ1) is 19.4. The first-order valence-corrected chi connectivity index (χ1v) is 10.3. The summed E-state index contributed by atoms with van der Waals surface area (Å²) in [6, 6.07) is 16.2. The average molecular weight is 406 g/mol. The van der Waals surface area contributed by atoms with Crippen LogP contribution in [0.5, 0.6) is 0 Å². The van der Waals surface area contributed by atoms with E-state index in [0.717, 1.165) is 33.8 Å². The van der Waals surface area contributed by atoms with E-state index in [0.29, 0.717) is 12.4 Å². The van der Waals surface area contributed by atoms with Crippen LogP contribution in [0.2, 0.25) is 0 Å². The minimum Gasteiger partial charge on any atom is -0.394 e. The van der Waals surface area contributed by atoms with Gasteiger partial charge in [0, 0.05) is 31.6 Å². The van der Waals surface area contributed by atoms with Crippen molar-refractivity contribution in [2.24, 2.45) is 10.7 Å². The predicted octanol–water partition coefficient (Wildman–Crippen LogP) is 2.55. The van der Waals surface area contributed by atoms with Crippen molar-refractivity contribution in [1.82, 2.24) is 26.1 Å². The quantitative estimate of drug-likeness (QED) is 0.500. The Kier molecular flexibility index (Phi) is 6.04. The standard InChI is InChI=1S/C21H23N7S/c1-23-12-16(11-22)15-10-18-17(24-13-15)7-8-19(25-18)26-21-28-27-20(29-21)9-14-5-3-2-4-6-14/h2-8,10,12-13,20,23,27H,9,11,22H2,1H3,(H,25,26,28)/b16-12+. The molecule has 1 aromatic carbocycles. The molecule has 8 heteroatoms. The van der Waals surface area contributed by atoms with E-state index in [1.54, 1.807) is 11.8 Å². The summed E-state index contributed by atoms with van der Waals surface area (Å²) in [7, 11) is 1.85. The van der Waals surface area contributed by atoms with E-state index in [-0.39, 0.29) is 5.37 Å². The summed E-state index contributed by atoms with van der Waals surface area (Å²) in [6.07, 6.45) is 4.61. The SMILES string of the molecule is CN/C=C(\CN)c1cnc2ccc(N=C3NNC(Cc4ccccc4)S3)nc2c1. The van der Waals surface area contributed by atoms with Gasteiger partial charge in [-0.3, -0.25) is 10.4 Å². The molecule has 1 aliphatic heterocycles. The molecule has 148 valence electrons. The summed E-state index contributed by atoms with van der Waals surface area (Å²) < 4.78 is 0. The Bertz CT molecular complexity index is 1050. The lowest BCUT2D eigenvalue weighted by Crippen LogP contribution is -2.32. The first-order valence-electron chi connectivity index (χ1n) is 9.39. The Morgan fingerprint density at radius 1 is 1.24 bits per heavy atom. The third kappa shape index (κ3) is 4.73. The molecule has 4 rings (SSSR count). The Hall–Kier alpha value is -2.94. The van der Waals surface area contributed by atoms with Gasteiger partial charge in [0.1, 0.15) is 0 Å². The van der Waals surface area contributed by atoms with E-state index in [2.05, 4.69) is 55.4 Å². The summed E-state index contributed by atoms with van der Waals surface area (Å²) in [5, 5.41) is 4.05. The van der Waals surface area contributed by atoms with Crippen LogP contribution in [0.25, 0.3) is 16.6 Å². The van der Waals surface area contributed by atoms with Gasteiger partial charge in [-0.25, -0.2) is 15.4 Å². The molecule has 3 heterocycles. The highest BCUT2D eigenvalue weighted by Crippen LogP contribution is 2.23. The van der Waals surface area contributed by atoms with Crippen LogP contribution in [0.4, 0.5) is 5.82 Å². The van der Waals surface area contributed by atoms with E-state index in [4.69, 9.17) is 5.73 Å². The number of rotatable bonds is 6. The molecule has 1 aliphatic rings. The second-order valence-electron chi connectivity index (χ2n) is 6.58. The van der Waals surface area contributed by atoms with Crippen LogP contribution in [-0.2, 0) is 6.42 Å². The molecular weight excluding hydrogens is 382 g/mol. The minimum absolute atomic E-state index is 0.226. The van der Waals surface area contributed by atoms with Crippen LogP contribution in [0.3, 0.4) is 0 Å². The molecule has 1 atom stereocenters. The number of nitrogens with one attached hydrogen (secondary N) is 3. The van der Waals surface area contributed by atoms with Crippen molar-refractivity contribution in [2.45, 2.75) is 11.8 Å². The van der Waals surface area contributed by atoms with Crippen molar-refractivity contribution >= 4 is 39.4 Å². The van der Waals surface area contributed by atoms with Gasteiger partial charge in [-0.1, -0.05) is 42.1 Å². The molecular formula is C21H23N7S. The van der Waals surface area contributed by atoms with E-state index < -0.39 is 0 Å². The zero-order valence-electron chi connectivity index (χ0n) is 16.1. The Labute approximate surface area is 173 Å². The van der Waals surface area contributed by atoms with E-state index in [1.807, 2.05) is 43.7 Å². The number of aliphatic imine (C=N–C) groups is 1. The normalized spacial score (nSPS) is 18.2. The molecule has 1 saturated heterocycles. The number of nitrogens with two attached hydrogens (primary N) is 1. The van der Waals surface area contributed by atoms with Gasteiger partial charge in [0.25, 0.3) is 0 Å². The molecule has 1 unspecified atom stereocenters. The molecule has 29 heavy (non-hydrogen) atoms. The largest absolute Gasteiger partial charge is 0.394 e. The molecule has 5 N–H and O–H groups in total. The van der Waals surface area contributed by atoms with E-state index in [1.165, 1.54) is 5.56 Å². The second kappa shape index (κ2) is 9.04. The van der Waals surface area contributed by atoms with Crippen LogP contribution in [-0.4, -0.2) is 34.1 Å².